The molecule has 2 atom stereocenters. The molecule has 74 valence electrons. The number of rotatable bonds is 0. The zero-order chi connectivity index (χ0) is 9.69. The van der Waals surface area contributed by atoms with Gasteiger partial charge in [0.2, 0.25) is 0 Å². The lowest BCUT2D eigenvalue weighted by molar-refractivity contribution is -0.132. The van der Waals surface area contributed by atoms with Gasteiger partial charge in [0, 0.05) is 12.8 Å². The predicted octanol–water partition coefficient (Wildman–Crippen LogP) is 3.18. The minimum absolute atomic E-state index is 0.335. The molecule has 0 amide bonds. The van der Waals surface area contributed by atoms with Gasteiger partial charge in [0.1, 0.15) is 5.78 Å². The minimum atomic E-state index is 0.335. The monoisotopic (exact) mass is 180 g/mol. The summed E-state index contributed by atoms with van der Waals surface area (Å²) >= 11 is 0. The van der Waals surface area contributed by atoms with Crippen molar-refractivity contribution < 1.29 is 4.79 Å². The van der Waals surface area contributed by atoms with Gasteiger partial charge in [0.25, 0.3) is 0 Å². The molecular weight excluding hydrogens is 160 g/mol. The van der Waals surface area contributed by atoms with E-state index in [4.69, 9.17) is 0 Å². The Morgan fingerprint density at radius 2 is 1.62 bits per heavy atom. The van der Waals surface area contributed by atoms with E-state index in [1.807, 2.05) is 0 Å². The van der Waals surface area contributed by atoms with Crippen molar-refractivity contribution in [3.63, 3.8) is 0 Å². The molecule has 1 heteroatoms. The Bertz CT molecular complexity index is 224. The molecule has 2 aliphatic rings. The molecule has 0 saturated heterocycles. The van der Waals surface area contributed by atoms with Crippen LogP contribution in [0.1, 0.15) is 52.9 Å². The number of hydrogen-bond donors (Lipinski definition) is 0. The van der Waals surface area contributed by atoms with E-state index < -0.39 is 0 Å². The van der Waals surface area contributed by atoms with Gasteiger partial charge in [-0.3, -0.25) is 4.79 Å². The molecule has 0 aliphatic heterocycles. The molecule has 0 aromatic heterocycles. The van der Waals surface area contributed by atoms with E-state index in [2.05, 4.69) is 20.8 Å². The van der Waals surface area contributed by atoms with Gasteiger partial charge >= 0.3 is 0 Å². The van der Waals surface area contributed by atoms with Crippen LogP contribution in [0.15, 0.2) is 0 Å². The molecule has 0 radical (unpaired) electrons. The first-order valence-electron chi connectivity index (χ1n) is 5.43. The standard InChI is InChI=1S/C12H20O/c1-9-4-11(2)6-10(13)7-12(3,5-9)8-11/h9H,4-8H2,1-3H3. The lowest BCUT2D eigenvalue weighted by atomic mass is 9.53. The summed E-state index contributed by atoms with van der Waals surface area (Å²) in [5.41, 5.74) is 0.670. The lowest BCUT2D eigenvalue weighted by Crippen LogP contribution is -2.43. The van der Waals surface area contributed by atoms with E-state index in [0.717, 1.165) is 18.8 Å². The Kier molecular flexibility index (Phi) is 1.84. The van der Waals surface area contributed by atoms with Gasteiger partial charge in [-0.2, -0.15) is 0 Å². The summed E-state index contributed by atoms with van der Waals surface area (Å²) < 4.78 is 0. The second-order valence-corrected chi connectivity index (χ2v) is 6.20. The highest BCUT2D eigenvalue weighted by atomic mass is 16.1. The summed E-state index contributed by atoms with van der Waals surface area (Å²) in [7, 11) is 0. The van der Waals surface area contributed by atoms with E-state index in [1.165, 1.54) is 19.3 Å². The summed E-state index contributed by atoms with van der Waals surface area (Å²) in [6.07, 6.45) is 5.47. The van der Waals surface area contributed by atoms with E-state index in [-0.39, 0.29) is 0 Å². The number of carbonyl (C=O) groups excluding carboxylic acids is 1. The van der Waals surface area contributed by atoms with Crippen molar-refractivity contribution >= 4 is 5.78 Å². The third-order valence-corrected chi connectivity index (χ3v) is 3.78. The third kappa shape index (κ3) is 1.66. The fourth-order valence-electron chi connectivity index (χ4n) is 4.21. The van der Waals surface area contributed by atoms with Crippen LogP contribution in [0.2, 0.25) is 0 Å². The first-order chi connectivity index (χ1) is 5.91. The highest BCUT2D eigenvalue weighted by Gasteiger charge is 2.47. The molecule has 0 N–H and O–H groups in total. The zero-order valence-corrected chi connectivity index (χ0v) is 9.02. The minimum Gasteiger partial charge on any atom is -0.300 e. The summed E-state index contributed by atoms with van der Waals surface area (Å²) in [5.74, 6) is 1.32. The predicted molar refractivity (Wildman–Crippen MR) is 53.5 cm³/mol. The SMILES string of the molecule is CC1CC2(C)CC(=O)CC(C)(C1)C2. The molecule has 1 nitrogen and oxygen atoms in total. The Morgan fingerprint density at radius 1 is 1.15 bits per heavy atom. The van der Waals surface area contributed by atoms with Crippen molar-refractivity contribution in [2.75, 3.05) is 0 Å². The normalized spacial score (nSPS) is 50.7. The second-order valence-electron chi connectivity index (χ2n) is 6.20. The van der Waals surface area contributed by atoms with Gasteiger partial charge in [-0.15, -0.1) is 0 Å². The Balaban J connectivity index is 2.26. The number of ketones is 1. The smallest absolute Gasteiger partial charge is 0.133 e. The van der Waals surface area contributed by atoms with Crippen LogP contribution in [-0.2, 0) is 4.79 Å². The Labute approximate surface area is 80.9 Å². The van der Waals surface area contributed by atoms with Crippen molar-refractivity contribution in [1.82, 2.24) is 0 Å². The molecule has 2 bridgehead atoms. The van der Waals surface area contributed by atoms with Gasteiger partial charge in [-0.25, -0.2) is 0 Å². The Hall–Kier alpha value is -0.330. The van der Waals surface area contributed by atoms with Crippen LogP contribution in [0.3, 0.4) is 0 Å². The molecule has 2 rings (SSSR count). The molecule has 0 spiro atoms. The molecule has 0 heterocycles. The molecule has 2 aliphatic carbocycles. The van der Waals surface area contributed by atoms with Crippen molar-refractivity contribution in [2.45, 2.75) is 52.9 Å². The quantitative estimate of drug-likeness (QED) is 0.559. The highest BCUT2D eigenvalue weighted by molar-refractivity contribution is 5.80. The van der Waals surface area contributed by atoms with E-state index >= 15 is 0 Å². The topological polar surface area (TPSA) is 17.1 Å². The summed E-state index contributed by atoms with van der Waals surface area (Å²) in [4.78, 5) is 11.6. The molecule has 0 aromatic rings. The molecule has 2 saturated carbocycles. The summed E-state index contributed by atoms with van der Waals surface area (Å²) in [6.45, 7) is 6.95. The van der Waals surface area contributed by atoms with Gasteiger partial charge in [-0.05, 0) is 36.0 Å². The maximum atomic E-state index is 11.6. The fraction of sp³-hybridized carbons (Fsp3) is 0.917. The molecular formula is C12H20O. The van der Waals surface area contributed by atoms with Gasteiger partial charge in [-0.1, -0.05) is 20.8 Å². The van der Waals surface area contributed by atoms with E-state index in [0.29, 0.717) is 16.6 Å². The number of Topliss-reactive ketones (excluding diaryl/α,β-unsaturated/α-hetero) is 1. The summed E-state index contributed by atoms with van der Waals surface area (Å²) in [5, 5.41) is 0. The van der Waals surface area contributed by atoms with Crippen LogP contribution in [0.4, 0.5) is 0 Å². The van der Waals surface area contributed by atoms with Crippen LogP contribution in [0, 0.1) is 16.7 Å². The first kappa shape index (κ1) is 9.23. The molecule has 0 aromatic carbocycles. The number of carbonyl (C=O) groups is 1. The van der Waals surface area contributed by atoms with Crippen LogP contribution >= 0.6 is 0 Å². The van der Waals surface area contributed by atoms with E-state index in [9.17, 15) is 4.79 Å². The highest BCUT2D eigenvalue weighted by Crippen LogP contribution is 2.55. The van der Waals surface area contributed by atoms with Crippen LogP contribution < -0.4 is 0 Å². The maximum Gasteiger partial charge on any atom is 0.133 e. The molecule has 13 heavy (non-hydrogen) atoms. The van der Waals surface area contributed by atoms with Crippen LogP contribution in [0.5, 0.6) is 0 Å². The number of fused-ring (bicyclic) bond motifs is 2. The van der Waals surface area contributed by atoms with Crippen LogP contribution in [0.25, 0.3) is 0 Å². The van der Waals surface area contributed by atoms with Crippen molar-refractivity contribution in [2.24, 2.45) is 16.7 Å². The third-order valence-electron chi connectivity index (χ3n) is 3.78. The first-order valence-corrected chi connectivity index (χ1v) is 5.43. The average Bonchev–Trinajstić information content (AvgIpc) is 1.75. The van der Waals surface area contributed by atoms with E-state index in [1.54, 1.807) is 0 Å². The Morgan fingerprint density at radius 3 is 2.08 bits per heavy atom. The van der Waals surface area contributed by atoms with Gasteiger partial charge in [0.05, 0.1) is 0 Å². The molecule has 2 unspecified atom stereocenters. The maximum absolute atomic E-state index is 11.6. The average molecular weight is 180 g/mol. The fourth-order valence-corrected chi connectivity index (χ4v) is 4.21. The zero-order valence-electron chi connectivity index (χ0n) is 9.02. The van der Waals surface area contributed by atoms with Crippen LogP contribution in [-0.4, -0.2) is 5.78 Å². The number of hydrogen-bond acceptors (Lipinski definition) is 1. The van der Waals surface area contributed by atoms with Crippen molar-refractivity contribution in [3.8, 4) is 0 Å². The van der Waals surface area contributed by atoms with Crippen molar-refractivity contribution in [3.05, 3.63) is 0 Å². The van der Waals surface area contributed by atoms with Gasteiger partial charge < -0.3 is 0 Å². The lowest BCUT2D eigenvalue weighted by Gasteiger charge is -2.51. The van der Waals surface area contributed by atoms with Crippen molar-refractivity contribution in [1.29, 1.82) is 0 Å². The molecule has 2 fully saturated rings. The largest absolute Gasteiger partial charge is 0.300 e. The van der Waals surface area contributed by atoms with Gasteiger partial charge in [0.15, 0.2) is 0 Å². The summed E-state index contributed by atoms with van der Waals surface area (Å²) in [6, 6.07) is 0. The second kappa shape index (κ2) is 2.59.